The highest BCUT2D eigenvalue weighted by molar-refractivity contribution is 5.95. The Kier molecular flexibility index (Phi) is 5.52. The molecule has 4 rings (SSSR count). The van der Waals surface area contributed by atoms with E-state index in [4.69, 9.17) is 4.99 Å². The number of fused-ring (bicyclic) bond motifs is 1. The molecule has 3 aliphatic rings. The molecule has 3 aliphatic heterocycles. The number of carbonyl (C=O) groups is 1. The molecule has 1 unspecified atom stereocenters. The Morgan fingerprint density at radius 2 is 2.30 bits per heavy atom. The van der Waals surface area contributed by atoms with Crippen LogP contribution in [-0.2, 0) is 11.3 Å². The molecule has 30 heavy (non-hydrogen) atoms. The van der Waals surface area contributed by atoms with Crippen molar-refractivity contribution in [3.63, 3.8) is 0 Å². The number of aryl methyl sites for hydroxylation is 1. The zero-order valence-electron chi connectivity index (χ0n) is 17.8. The molecular formula is C21H30N8O. The third-order valence-corrected chi connectivity index (χ3v) is 6.02. The van der Waals surface area contributed by atoms with Crippen LogP contribution in [0.5, 0.6) is 0 Å². The number of aromatic nitrogens is 2. The summed E-state index contributed by atoms with van der Waals surface area (Å²) in [5.41, 5.74) is 1.97. The first-order valence-corrected chi connectivity index (χ1v) is 10.5. The van der Waals surface area contributed by atoms with Crippen LogP contribution in [0.1, 0.15) is 26.7 Å². The lowest BCUT2D eigenvalue weighted by Gasteiger charge is -2.43. The summed E-state index contributed by atoms with van der Waals surface area (Å²) in [6.07, 6.45) is 11.0. The first kappa shape index (κ1) is 20.1. The molecule has 3 N–H and O–H groups in total. The number of rotatable bonds is 5. The van der Waals surface area contributed by atoms with E-state index in [1.54, 1.807) is 6.20 Å². The molecule has 1 aromatic heterocycles. The third-order valence-electron chi connectivity index (χ3n) is 6.02. The van der Waals surface area contributed by atoms with Crippen molar-refractivity contribution < 1.29 is 4.79 Å². The number of nitrogens with one attached hydrogen (secondary N) is 3. The molecule has 0 spiro atoms. The van der Waals surface area contributed by atoms with Gasteiger partial charge in [0.05, 0.1) is 11.9 Å². The number of likely N-dealkylation sites (N-methyl/N-ethyl adjacent to an activating group) is 1. The van der Waals surface area contributed by atoms with Gasteiger partial charge in [-0.3, -0.25) is 9.48 Å². The van der Waals surface area contributed by atoms with E-state index >= 15 is 0 Å². The Morgan fingerprint density at radius 3 is 3.03 bits per heavy atom. The van der Waals surface area contributed by atoms with E-state index in [1.807, 2.05) is 22.0 Å². The summed E-state index contributed by atoms with van der Waals surface area (Å²) in [5, 5.41) is 14.4. The van der Waals surface area contributed by atoms with Crippen molar-refractivity contribution in [1.29, 1.82) is 0 Å². The van der Waals surface area contributed by atoms with E-state index in [0.29, 0.717) is 12.5 Å². The Labute approximate surface area is 177 Å². The fraction of sp³-hybridized carbons (Fsp3) is 0.476. The summed E-state index contributed by atoms with van der Waals surface area (Å²) >= 11 is 0. The second-order valence-corrected chi connectivity index (χ2v) is 7.90. The van der Waals surface area contributed by atoms with Crippen LogP contribution in [0.3, 0.4) is 0 Å². The highest BCUT2D eigenvalue weighted by atomic mass is 16.2. The van der Waals surface area contributed by atoms with Gasteiger partial charge in [0.25, 0.3) is 0 Å². The number of guanidine groups is 1. The van der Waals surface area contributed by atoms with Crippen molar-refractivity contribution in [3.8, 4) is 0 Å². The fourth-order valence-electron chi connectivity index (χ4n) is 4.17. The molecule has 1 saturated heterocycles. The predicted molar refractivity (Wildman–Crippen MR) is 117 cm³/mol. The predicted octanol–water partition coefficient (Wildman–Crippen LogP) is 1.43. The van der Waals surface area contributed by atoms with Crippen LogP contribution in [0.25, 0.3) is 0 Å². The Morgan fingerprint density at radius 1 is 1.47 bits per heavy atom. The second kappa shape index (κ2) is 8.25. The van der Waals surface area contributed by atoms with Gasteiger partial charge in [0.2, 0.25) is 11.9 Å². The van der Waals surface area contributed by atoms with Gasteiger partial charge in [-0.05, 0) is 45.0 Å². The number of anilines is 1. The van der Waals surface area contributed by atoms with Gasteiger partial charge in [-0.1, -0.05) is 6.58 Å². The number of hydrogen-bond donors (Lipinski definition) is 3. The van der Waals surface area contributed by atoms with E-state index < -0.39 is 0 Å². The zero-order valence-corrected chi connectivity index (χ0v) is 17.8. The molecule has 1 fully saturated rings. The molecule has 0 saturated carbocycles. The molecule has 1 aromatic rings. The molecule has 0 aromatic carbocycles. The van der Waals surface area contributed by atoms with E-state index in [2.05, 4.69) is 59.5 Å². The van der Waals surface area contributed by atoms with Gasteiger partial charge in [-0.15, -0.1) is 0 Å². The van der Waals surface area contributed by atoms with Crippen molar-refractivity contribution >= 4 is 17.6 Å². The molecule has 9 nitrogen and oxygen atoms in total. The van der Waals surface area contributed by atoms with Crippen molar-refractivity contribution in [3.05, 3.63) is 48.7 Å². The molecule has 0 bridgehead atoms. The Balaban J connectivity index is 1.52. The number of hydrogen-bond acceptors (Lipinski definition) is 7. The van der Waals surface area contributed by atoms with Gasteiger partial charge in [0.15, 0.2) is 6.17 Å². The van der Waals surface area contributed by atoms with E-state index in [9.17, 15) is 4.79 Å². The highest BCUT2D eigenvalue weighted by Gasteiger charge is 2.34. The summed E-state index contributed by atoms with van der Waals surface area (Å²) in [6.45, 7) is 9.29. The zero-order chi connectivity index (χ0) is 21.3. The number of likely N-dealkylation sites (tertiary alicyclic amines) is 1. The maximum absolute atomic E-state index is 12.3. The van der Waals surface area contributed by atoms with Crippen molar-refractivity contribution in [2.45, 2.75) is 51.5 Å². The largest absolute Gasteiger partial charge is 0.366 e. The maximum Gasteiger partial charge on any atom is 0.246 e. The topological polar surface area (TPSA) is 89.8 Å². The van der Waals surface area contributed by atoms with Gasteiger partial charge < -0.3 is 25.8 Å². The number of carbonyl (C=O) groups excluding carboxylic acids is 1. The monoisotopic (exact) mass is 410 g/mol. The van der Waals surface area contributed by atoms with Crippen LogP contribution < -0.4 is 16.0 Å². The van der Waals surface area contributed by atoms with Gasteiger partial charge in [-0.25, -0.2) is 4.99 Å². The minimum atomic E-state index is -0.138. The van der Waals surface area contributed by atoms with E-state index in [-0.39, 0.29) is 24.2 Å². The van der Waals surface area contributed by atoms with Gasteiger partial charge >= 0.3 is 0 Å². The minimum Gasteiger partial charge on any atom is -0.366 e. The SMILES string of the molecule is C=CC(=O)N1C[C@H](N(C)C2=C3C=CNC3N=C(Nc3cnn(CC)c3)N2)CC[C@@H]1C. The fourth-order valence-corrected chi connectivity index (χ4v) is 4.17. The molecule has 4 heterocycles. The summed E-state index contributed by atoms with van der Waals surface area (Å²) in [5.74, 6) is 1.65. The average molecular weight is 411 g/mol. The summed E-state index contributed by atoms with van der Waals surface area (Å²) in [4.78, 5) is 21.2. The molecule has 160 valence electrons. The van der Waals surface area contributed by atoms with Crippen LogP contribution in [0, 0.1) is 0 Å². The van der Waals surface area contributed by atoms with Crippen LogP contribution in [0.2, 0.25) is 0 Å². The smallest absolute Gasteiger partial charge is 0.246 e. The lowest BCUT2D eigenvalue weighted by molar-refractivity contribution is -0.130. The van der Waals surface area contributed by atoms with Crippen molar-refractivity contribution in [2.75, 3.05) is 18.9 Å². The number of nitrogens with zero attached hydrogens (tertiary/aromatic N) is 5. The van der Waals surface area contributed by atoms with Crippen LogP contribution >= 0.6 is 0 Å². The maximum atomic E-state index is 12.3. The second-order valence-electron chi connectivity index (χ2n) is 7.90. The molecular weight excluding hydrogens is 380 g/mol. The van der Waals surface area contributed by atoms with Crippen LogP contribution in [-0.4, -0.2) is 63.3 Å². The lowest BCUT2D eigenvalue weighted by Crippen LogP contribution is -2.54. The number of piperidine rings is 1. The van der Waals surface area contributed by atoms with Crippen molar-refractivity contribution in [1.82, 2.24) is 30.2 Å². The summed E-state index contributed by atoms with van der Waals surface area (Å²) in [7, 11) is 2.08. The van der Waals surface area contributed by atoms with Gasteiger partial charge in [0, 0.05) is 44.0 Å². The van der Waals surface area contributed by atoms with Crippen molar-refractivity contribution in [2.24, 2.45) is 4.99 Å². The minimum absolute atomic E-state index is 0.00739. The number of amides is 1. The number of aliphatic imine (C=N–C) groups is 1. The van der Waals surface area contributed by atoms with E-state index in [0.717, 1.165) is 36.5 Å². The standard InChI is InChI=1S/C21H30N8O/c1-5-18(30)29-13-16(8-7-14(29)3)27(4)20-17-9-10-22-19(17)25-21(26-20)24-15-11-23-28(6-2)12-15/h5,9-12,14,16,19,22H,1,6-8,13H2,2-4H3,(H2,24,25,26)/t14-,16+,19?/m0/s1. The third kappa shape index (κ3) is 3.79. The lowest BCUT2D eigenvalue weighted by atomic mass is 9.97. The molecule has 0 radical (unpaired) electrons. The molecule has 1 amide bonds. The van der Waals surface area contributed by atoms with Gasteiger partial charge in [-0.2, -0.15) is 5.10 Å². The Hall–Kier alpha value is -3.23. The van der Waals surface area contributed by atoms with E-state index in [1.165, 1.54) is 6.08 Å². The highest BCUT2D eigenvalue weighted by Crippen LogP contribution is 2.27. The average Bonchev–Trinajstić information content (AvgIpc) is 3.41. The molecule has 3 atom stereocenters. The first-order chi connectivity index (χ1) is 14.5. The molecule has 0 aliphatic carbocycles. The van der Waals surface area contributed by atoms with Crippen LogP contribution in [0.4, 0.5) is 5.69 Å². The summed E-state index contributed by atoms with van der Waals surface area (Å²) < 4.78 is 1.86. The molecule has 9 heteroatoms. The van der Waals surface area contributed by atoms with Gasteiger partial charge in [0.1, 0.15) is 5.82 Å². The Bertz CT molecular complexity index is 914. The summed E-state index contributed by atoms with van der Waals surface area (Å²) in [6, 6.07) is 0.434. The van der Waals surface area contributed by atoms with Crippen LogP contribution in [0.15, 0.2) is 53.7 Å². The quantitative estimate of drug-likeness (QED) is 0.637. The normalized spacial score (nSPS) is 25.2. The first-order valence-electron chi connectivity index (χ1n) is 10.5.